The van der Waals surface area contributed by atoms with Crippen LogP contribution in [0.15, 0.2) is 42.5 Å². The van der Waals surface area contributed by atoms with E-state index < -0.39 is 29.4 Å². The summed E-state index contributed by atoms with van der Waals surface area (Å²) in [6, 6.07) is 9.31. The van der Waals surface area contributed by atoms with Crippen molar-refractivity contribution in [1.82, 2.24) is 10.2 Å². The van der Waals surface area contributed by atoms with Gasteiger partial charge in [0.15, 0.2) is 11.6 Å². The minimum atomic E-state index is -0.858. The average molecular weight is 343 g/mol. The van der Waals surface area contributed by atoms with Gasteiger partial charge in [-0.05, 0) is 24.3 Å². The second-order valence-corrected chi connectivity index (χ2v) is 5.35. The molecule has 2 aromatic rings. The third-order valence-corrected chi connectivity index (χ3v) is 3.70. The number of fused-ring (bicyclic) bond motifs is 1. The van der Waals surface area contributed by atoms with E-state index in [1.807, 2.05) is 0 Å². The van der Waals surface area contributed by atoms with E-state index in [-0.39, 0.29) is 18.8 Å². The van der Waals surface area contributed by atoms with E-state index in [1.54, 1.807) is 24.3 Å². The standard InChI is InChI=1S/C17H14FN3O4/c18-13-9-10(5-6-14(13)22)20-17(25)19-7-8-21-15(23)11-3-1-2-4-12(11)16(21)24/h1-6,9,22H,7-8H2,(H2,19,20,25). The van der Waals surface area contributed by atoms with E-state index in [0.29, 0.717) is 11.1 Å². The largest absolute Gasteiger partial charge is 0.505 e. The van der Waals surface area contributed by atoms with Crippen molar-refractivity contribution in [2.24, 2.45) is 0 Å². The fourth-order valence-electron chi connectivity index (χ4n) is 2.48. The van der Waals surface area contributed by atoms with Gasteiger partial charge < -0.3 is 15.7 Å². The first-order valence-corrected chi connectivity index (χ1v) is 7.46. The molecular formula is C17H14FN3O4. The van der Waals surface area contributed by atoms with E-state index in [9.17, 15) is 18.8 Å². The molecule has 3 rings (SSSR count). The van der Waals surface area contributed by atoms with Crippen molar-refractivity contribution in [3.05, 3.63) is 59.4 Å². The Labute approximate surface area is 142 Å². The third-order valence-electron chi connectivity index (χ3n) is 3.70. The second-order valence-electron chi connectivity index (χ2n) is 5.35. The number of benzene rings is 2. The lowest BCUT2D eigenvalue weighted by Gasteiger charge is -2.14. The predicted molar refractivity (Wildman–Crippen MR) is 86.9 cm³/mol. The van der Waals surface area contributed by atoms with Crippen LogP contribution in [0.4, 0.5) is 14.9 Å². The Bertz CT molecular complexity index is 834. The molecule has 0 saturated heterocycles. The Hall–Kier alpha value is -3.42. The SMILES string of the molecule is O=C(NCCN1C(=O)c2ccccc2C1=O)Nc1ccc(O)c(F)c1. The Morgan fingerprint density at radius 2 is 1.72 bits per heavy atom. The normalized spacial score (nSPS) is 12.9. The number of nitrogens with one attached hydrogen (secondary N) is 2. The molecule has 0 spiro atoms. The molecule has 0 unspecified atom stereocenters. The van der Waals surface area contributed by atoms with E-state index in [1.165, 1.54) is 6.07 Å². The van der Waals surface area contributed by atoms with Gasteiger partial charge >= 0.3 is 6.03 Å². The quantitative estimate of drug-likeness (QED) is 0.584. The van der Waals surface area contributed by atoms with Crippen molar-refractivity contribution in [3.8, 4) is 5.75 Å². The van der Waals surface area contributed by atoms with Crippen LogP contribution >= 0.6 is 0 Å². The molecule has 8 heteroatoms. The topological polar surface area (TPSA) is 98.7 Å². The van der Waals surface area contributed by atoms with Crippen molar-refractivity contribution < 1.29 is 23.9 Å². The van der Waals surface area contributed by atoms with Gasteiger partial charge in [-0.2, -0.15) is 0 Å². The summed E-state index contributed by atoms with van der Waals surface area (Å²) in [4.78, 5) is 37.1. The zero-order valence-corrected chi connectivity index (χ0v) is 13.0. The fourth-order valence-corrected chi connectivity index (χ4v) is 2.48. The van der Waals surface area contributed by atoms with Crippen LogP contribution in [0.3, 0.4) is 0 Å². The molecule has 2 aromatic carbocycles. The number of urea groups is 1. The maximum Gasteiger partial charge on any atom is 0.319 e. The van der Waals surface area contributed by atoms with Crippen LogP contribution in [-0.2, 0) is 0 Å². The summed E-state index contributed by atoms with van der Waals surface area (Å²) in [6.45, 7) is 0.0571. The smallest absolute Gasteiger partial charge is 0.319 e. The average Bonchev–Trinajstić information content (AvgIpc) is 2.83. The highest BCUT2D eigenvalue weighted by atomic mass is 19.1. The number of imide groups is 1. The number of hydrogen-bond donors (Lipinski definition) is 3. The number of carbonyl (C=O) groups excluding carboxylic acids is 3. The zero-order valence-electron chi connectivity index (χ0n) is 13.0. The number of hydrogen-bond acceptors (Lipinski definition) is 4. The Morgan fingerprint density at radius 1 is 1.08 bits per heavy atom. The number of phenolic OH excluding ortho intramolecular Hbond substituents is 1. The number of amides is 4. The van der Waals surface area contributed by atoms with Gasteiger partial charge in [0.05, 0.1) is 11.1 Å². The van der Waals surface area contributed by atoms with Gasteiger partial charge in [0.2, 0.25) is 0 Å². The third kappa shape index (κ3) is 3.27. The highest BCUT2D eigenvalue weighted by Gasteiger charge is 2.34. The molecule has 0 saturated carbocycles. The molecule has 0 aromatic heterocycles. The fraction of sp³-hybridized carbons (Fsp3) is 0.118. The summed E-state index contributed by atoms with van der Waals surface area (Å²) in [6.07, 6.45) is 0. The first-order chi connectivity index (χ1) is 12.0. The first kappa shape index (κ1) is 16.4. The summed E-state index contributed by atoms with van der Waals surface area (Å²) in [7, 11) is 0. The lowest BCUT2D eigenvalue weighted by Crippen LogP contribution is -2.39. The number of aromatic hydroxyl groups is 1. The molecule has 0 bridgehead atoms. The van der Waals surface area contributed by atoms with Crippen LogP contribution in [0, 0.1) is 5.82 Å². The molecule has 128 valence electrons. The van der Waals surface area contributed by atoms with Gasteiger partial charge in [-0.1, -0.05) is 12.1 Å². The number of nitrogens with zero attached hydrogens (tertiary/aromatic N) is 1. The highest BCUT2D eigenvalue weighted by molar-refractivity contribution is 6.21. The number of halogens is 1. The highest BCUT2D eigenvalue weighted by Crippen LogP contribution is 2.22. The summed E-state index contributed by atoms with van der Waals surface area (Å²) < 4.78 is 13.2. The van der Waals surface area contributed by atoms with E-state index in [4.69, 9.17) is 5.11 Å². The van der Waals surface area contributed by atoms with Crippen LogP contribution in [0.5, 0.6) is 5.75 Å². The maximum absolute atomic E-state index is 13.2. The molecule has 25 heavy (non-hydrogen) atoms. The maximum atomic E-state index is 13.2. The Morgan fingerprint density at radius 3 is 2.32 bits per heavy atom. The number of anilines is 1. The van der Waals surface area contributed by atoms with Crippen LogP contribution in [0.2, 0.25) is 0 Å². The summed E-state index contributed by atoms with van der Waals surface area (Å²) in [5.41, 5.74) is 0.849. The van der Waals surface area contributed by atoms with Gasteiger partial charge in [0.1, 0.15) is 0 Å². The molecule has 4 amide bonds. The molecule has 0 atom stereocenters. The van der Waals surface area contributed by atoms with Crippen molar-refractivity contribution >= 4 is 23.5 Å². The number of phenols is 1. The monoisotopic (exact) mass is 343 g/mol. The minimum Gasteiger partial charge on any atom is -0.505 e. The van der Waals surface area contributed by atoms with Crippen molar-refractivity contribution in [3.63, 3.8) is 0 Å². The Kier molecular flexibility index (Phi) is 4.34. The van der Waals surface area contributed by atoms with E-state index in [0.717, 1.165) is 17.0 Å². The molecule has 1 aliphatic rings. The lowest BCUT2D eigenvalue weighted by atomic mass is 10.1. The van der Waals surface area contributed by atoms with Crippen molar-refractivity contribution in [1.29, 1.82) is 0 Å². The van der Waals surface area contributed by atoms with Crippen LogP contribution < -0.4 is 10.6 Å². The van der Waals surface area contributed by atoms with Crippen LogP contribution in [0.1, 0.15) is 20.7 Å². The van der Waals surface area contributed by atoms with Gasteiger partial charge in [0.25, 0.3) is 11.8 Å². The molecular weight excluding hydrogens is 329 g/mol. The Balaban J connectivity index is 1.53. The van der Waals surface area contributed by atoms with Gasteiger partial charge in [0, 0.05) is 24.8 Å². The zero-order chi connectivity index (χ0) is 18.0. The van der Waals surface area contributed by atoms with Crippen molar-refractivity contribution in [2.45, 2.75) is 0 Å². The molecule has 1 heterocycles. The minimum absolute atomic E-state index is 0.0176. The van der Waals surface area contributed by atoms with Gasteiger partial charge in [-0.3, -0.25) is 14.5 Å². The summed E-state index contributed by atoms with van der Waals surface area (Å²) >= 11 is 0. The van der Waals surface area contributed by atoms with Crippen molar-refractivity contribution in [2.75, 3.05) is 18.4 Å². The number of carbonyl (C=O) groups is 3. The van der Waals surface area contributed by atoms with E-state index >= 15 is 0 Å². The predicted octanol–water partition coefficient (Wildman–Crippen LogP) is 1.95. The lowest BCUT2D eigenvalue weighted by molar-refractivity contribution is 0.0656. The summed E-state index contributed by atoms with van der Waals surface area (Å²) in [5, 5.41) is 14.0. The molecule has 7 nitrogen and oxygen atoms in total. The van der Waals surface area contributed by atoms with E-state index in [2.05, 4.69) is 10.6 Å². The molecule has 3 N–H and O–H groups in total. The molecule has 1 aliphatic heterocycles. The molecule has 0 radical (unpaired) electrons. The van der Waals surface area contributed by atoms with Gasteiger partial charge in [-0.15, -0.1) is 0 Å². The molecule has 0 aliphatic carbocycles. The van der Waals surface area contributed by atoms with Crippen LogP contribution in [-0.4, -0.2) is 40.9 Å². The first-order valence-electron chi connectivity index (χ1n) is 7.46. The number of rotatable bonds is 4. The van der Waals surface area contributed by atoms with Crippen LogP contribution in [0.25, 0.3) is 0 Å². The second kappa shape index (κ2) is 6.60. The molecule has 0 fully saturated rings. The van der Waals surface area contributed by atoms with Gasteiger partial charge in [-0.25, -0.2) is 9.18 Å². The summed E-state index contributed by atoms with van der Waals surface area (Å²) in [5.74, 6) is -2.17.